The van der Waals surface area contributed by atoms with Gasteiger partial charge in [-0.05, 0) is 0 Å². The summed E-state index contributed by atoms with van der Waals surface area (Å²) in [4.78, 5) is 10.2. The molecule has 1 amide bonds. The van der Waals surface area contributed by atoms with Crippen LogP contribution >= 0.6 is 12.4 Å². The molecule has 1 aromatic heterocycles. The number of aromatic nitrogens is 1. The number of carbonyl (C=O) groups excluding carboxylic acids is 1. The minimum absolute atomic E-state index is 0. The highest BCUT2D eigenvalue weighted by Gasteiger charge is 1.99. The molecule has 0 saturated carbocycles. The third-order valence-electron chi connectivity index (χ3n) is 0.717. The number of hydrogen-bond acceptors (Lipinski definition) is 3. The molecule has 1 aromatic rings. The Kier molecular flexibility index (Phi) is 2.73. The summed E-state index contributed by atoms with van der Waals surface area (Å²) in [6, 6.07) is 0. The van der Waals surface area contributed by atoms with Crippen molar-refractivity contribution in [2.24, 2.45) is 5.73 Å². The Bertz CT molecular complexity index is 184. The predicted octanol–water partition coefficient (Wildman–Crippen LogP) is 0.195. The van der Waals surface area contributed by atoms with Crippen LogP contribution in [0.15, 0.2) is 17.0 Å². The van der Waals surface area contributed by atoms with Crippen LogP contribution in [0.5, 0.6) is 0 Å². The lowest BCUT2D eigenvalue weighted by Gasteiger charge is -1.77. The largest absolute Gasteiger partial charge is 0.365 e. The molecule has 0 aromatic carbocycles. The fraction of sp³-hybridized carbons (Fsp3) is 0. The van der Waals surface area contributed by atoms with Gasteiger partial charge in [-0.1, -0.05) is 5.16 Å². The topological polar surface area (TPSA) is 69.1 Å². The third-order valence-corrected chi connectivity index (χ3v) is 0.717. The number of halogens is 1. The van der Waals surface area contributed by atoms with Crippen molar-refractivity contribution in [3.8, 4) is 0 Å². The van der Waals surface area contributed by atoms with Crippen molar-refractivity contribution in [1.29, 1.82) is 0 Å². The van der Waals surface area contributed by atoms with Crippen molar-refractivity contribution in [3.05, 3.63) is 18.0 Å². The minimum atomic E-state index is -0.522. The third kappa shape index (κ3) is 1.73. The van der Waals surface area contributed by atoms with E-state index in [9.17, 15) is 4.79 Å². The molecule has 5 heteroatoms. The first kappa shape index (κ1) is 7.97. The molecule has 0 fully saturated rings. The van der Waals surface area contributed by atoms with Crippen LogP contribution in [0.25, 0.3) is 0 Å². The van der Waals surface area contributed by atoms with Crippen LogP contribution in [0.2, 0.25) is 0 Å². The van der Waals surface area contributed by atoms with E-state index < -0.39 is 5.91 Å². The van der Waals surface area contributed by atoms with Crippen molar-refractivity contribution < 1.29 is 9.32 Å². The number of carbonyl (C=O) groups is 1. The molecule has 0 aliphatic heterocycles. The lowest BCUT2D eigenvalue weighted by Crippen LogP contribution is -2.08. The molecule has 0 bridgehead atoms. The minimum Gasteiger partial charge on any atom is -0.365 e. The maximum absolute atomic E-state index is 10.2. The first-order chi connectivity index (χ1) is 3.80. The van der Waals surface area contributed by atoms with Gasteiger partial charge < -0.3 is 10.3 Å². The molecule has 0 spiro atoms. The Morgan fingerprint density at radius 2 is 2.44 bits per heavy atom. The standard InChI is InChI=1S/C4H4N2O2.ClH/c5-4(7)3-1-6-8-2-3;/h1-2H,(H2,5,7);1H. The summed E-state index contributed by atoms with van der Waals surface area (Å²) in [5, 5.41) is 3.27. The van der Waals surface area contributed by atoms with Gasteiger partial charge in [0.05, 0.1) is 11.8 Å². The highest BCUT2D eigenvalue weighted by Crippen LogP contribution is 1.91. The number of nitrogens with two attached hydrogens (primary N) is 1. The van der Waals surface area contributed by atoms with Gasteiger partial charge in [0.25, 0.3) is 5.91 Å². The second-order valence-electron chi connectivity index (χ2n) is 1.28. The number of nitrogens with zero attached hydrogens (tertiary/aromatic N) is 1. The quantitative estimate of drug-likeness (QED) is 0.618. The Balaban J connectivity index is 0.000000640. The summed E-state index contributed by atoms with van der Waals surface area (Å²) >= 11 is 0. The highest BCUT2D eigenvalue weighted by molar-refractivity contribution is 5.91. The summed E-state index contributed by atoms with van der Waals surface area (Å²) < 4.78 is 4.32. The van der Waals surface area contributed by atoms with Crippen LogP contribution in [-0.2, 0) is 0 Å². The number of primary amides is 1. The summed E-state index contributed by atoms with van der Waals surface area (Å²) in [6.07, 6.45) is 2.46. The highest BCUT2D eigenvalue weighted by atomic mass is 35.5. The Hall–Kier alpha value is -1.03. The Morgan fingerprint density at radius 3 is 2.67 bits per heavy atom. The molecule has 9 heavy (non-hydrogen) atoms. The second-order valence-corrected chi connectivity index (χ2v) is 1.28. The summed E-state index contributed by atoms with van der Waals surface area (Å²) in [5.74, 6) is -0.522. The van der Waals surface area contributed by atoms with Gasteiger partial charge in [-0.15, -0.1) is 12.4 Å². The van der Waals surface area contributed by atoms with Crippen LogP contribution in [-0.4, -0.2) is 11.1 Å². The van der Waals surface area contributed by atoms with E-state index in [1.54, 1.807) is 0 Å². The van der Waals surface area contributed by atoms with Crippen molar-refractivity contribution in [3.63, 3.8) is 0 Å². The van der Waals surface area contributed by atoms with Gasteiger partial charge in [0, 0.05) is 0 Å². The Morgan fingerprint density at radius 1 is 1.78 bits per heavy atom. The van der Waals surface area contributed by atoms with E-state index in [2.05, 4.69) is 9.68 Å². The summed E-state index contributed by atoms with van der Waals surface area (Å²) in [5.41, 5.74) is 5.12. The normalized spacial score (nSPS) is 8.00. The van der Waals surface area contributed by atoms with Gasteiger partial charge in [-0.3, -0.25) is 4.79 Å². The maximum Gasteiger partial charge on any atom is 0.253 e. The van der Waals surface area contributed by atoms with Gasteiger partial charge in [-0.2, -0.15) is 0 Å². The molecule has 0 atom stereocenters. The zero-order valence-electron chi connectivity index (χ0n) is 4.40. The Labute approximate surface area is 57.4 Å². The van der Waals surface area contributed by atoms with Crippen LogP contribution < -0.4 is 5.73 Å². The lowest BCUT2D eigenvalue weighted by atomic mass is 10.4. The number of rotatable bonds is 1. The van der Waals surface area contributed by atoms with Gasteiger partial charge in [-0.25, -0.2) is 0 Å². The average molecular weight is 149 g/mol. The first-order valence-electron chi connectivity index (χ1n) is 2.00. The van der Waals surface area contributed by atoms with Crippen LogP contribution in [0.3, 0.4) is 0 Å². The number of hydrogen-bond donors (Lipinski definition) is 1. The molecule has 1 heterocycles. The van der Waals surface area contributed by atoms with Gasteiger partial charge in [0.15, 0.2) is 0 Å². The molecule has 0 radical (unpaired) electrons. The van der Waals surface area contributed by atoms with Gasteiger partial charge in [0.1, 0.15) is 6.26 Å². The fourth-order valence-electron chi connectivity index (χ4n) is 0.327. The maximum atomic E-state index is 10.2. The molecule has 0 aliphatic rings. The molecular weight excluding hydrogens is 144 g/mol. The van der Waals surface area contributed by atoms with Crippen LogP contribution in [0.1, 0.15) is 10.4 Å². The van der Waals surface area contributed by atoms with Crippen LogP contribution in [0, 0.1) is 0 Å². The van der Waals surface area contributed by atoms with Gasteiger partial charge in [0.2, 0.25) is 0 Å². The molecule has 1 rings (SSSR count). The summed E-state index contributed by atoms with van der Waals surface area (Å²) in [7, 11) is 0. The number of amides is 1. The second kappa shape index (κ2) is 3.09. The van der Waals surface area contributed by atoms with Crippen molar-refractivity contribution in [2.45, 2.75) is 0 Å². The van der Waals surface area contributed by atoms with Crippen molar-refractivity contribution in [2.75, 3.05) is 0 Å². The predicted molar refractivity (Wildman–Crippen MR) is 32.3 cm³/mol. The van der Waals surface area contributed by atoms with Crippen molar-refractivity contribution in [1.82, 2.24) is 5.16 Å². The van der Waals surface area contributed by atoms with E-state index in [4.69, 9.17) is 5.73 Å². The first-order valence-corrected chi connectivity index (χ1v) is 2.00. The fourth-order valence-corrected chi connectivity index (χ4v) is 0.327. The van der Waals surface area contributed by atoms with E-state index in [-0.39, 0.29) is 12.4 Å². The molecule has 2 N–H and O–H groups in total. The van der Waals surface area contributed by atoms with E-state index in [0.29, 0.717) is 5.56 Å². The molecule has 4 nitrogen and oxygen atoms in total. The molecule has 0 unspecified atom stereocenters. The molecule has 50 valence electrons. The van der Waals surface area contributed by atoms with E-state index in [0.717, 1.165) is 0 Å². The van der Waals surface area contributed by atoms with Crippen LogP contribution in [0.4, 0.5) is 0 Å². The van der Waals surface area contributed by atoms with Crippen molar-refractivity contribution >= 4 is 18.3 Å². The van der Waals surface area contributed by atoms with Gasteiger partial charge >= 0.3 is 0 Å². The molecule has 0 aliphatic carbocycles. The lowest BCUT2D eigenvalue weighted by molar-refractivity contribution is 0.0999. The molecular formula is C4H5ClN2O2. The van der Waals surface area contributed by atoms with E-state index >= 15 is 0 Å². The zero-order valence-corrected chi connectivity index (χ0v) is 5.22. The smallest absolute Gasteiger partial charge is 0.253 e. The zero-order chi connectivity index (χ0) is 5.98. The summed E-state index contributed by atoms with van der Waals surface area (Å²) in [6.45, 7) is 0. The monoisotopic (exact) mass is 148 g/mol. The van der Waals surface area contributed by atoms with E-state index in [1.807, 2.05) is 0 Å². The SMILES string of the molecule is Cl.NC(=O)c1cnoc1. The molecule has 0 saturated heterocycles. The van der Waals surface area contributed by atoms with E-state index in [1.165, 1.54) is 12.5 Å². The average Bonchev–Trinajstić information content (AvgIpc) is 2.12.